The molecule has 0 atom stereocenters. The lowest BCUT2D eigenvalue weighted by Gasteiger charge is -2.22. The molecule has 1 aliphatic rings. The highest BCUT2D eigenvalue weighted by Crippen LogP contribution is 2.39. The molecule has 0 N–H and O–H groups in total. The lowest BCUT2D eigenvalue weighted by molar-refractivity contribution is -0.141. The second-order valence-electron chi connectivity index (χ2n) is 6.64. The number of amides is 3. The number of likely N-dealkylation sites (tertiary alicyclic amines) is 1. The van der Waals surface area contributed by atoms with E-state index in [0.717, 1.165) is 10.5 Å². The number of benzene rings is 1. The van der Waals surface area contributed by atoms with Crippen LogP contribution in [0.25, 0.3) is 10.2 Å². The summed E-state index contributed by atoms with van der Waals surface area (Å²) in [5.74, 6) is -0.570. The van der Waals surface area contributed by atoms with Crippen molar-refractivity contribution in [2.75, 3.05) is 18.6 Å². The first kappa shape index (κ1) is 20.2. The van der Waals surface area contributed by atoms with Crippen molar-refractivity contribution in [3.63, 3.8) is 0 Å². The number of methoxy groups -OCH3 is 1. The van der Waals surface area contributed by atoms with Crippen molar-refractivity contribution in [2.45, 2.75) is 19.4 Å². The van der Waals surface area contributed by atoms with Gasteiger partial charge in [0.05, 0.1) is 23.4 Å². The van der Waals surface area contributed by atoms with Gasteiger partial charge in [0.1, 0.15) is 17.8 Å². The van der Waals surface area contributed by atoms with Crippen molar-refractivity contribution in [3.8, 4) is 5.75 Å². The highest BCUT2D eigenvalue weighted by molar-refractivity contribution is 7.23. The Morgan fingerprint density at radius 2 is 2.03 bits per heavy atom. The van der Waals surface area contributed by atoms with E-state index in [1.807, 2.05) is 6.07 Å². The van der Waals surface area contributed by atoms with E-state index in [-0.39, 0.29) is 37.7 Å². The average Bonchev–Trinajstić information content (AvgIpc) is 3.33. The molecule has 0 saturated carbocycles. The molecule has 3 aromatic rings. The number of thiazole rings is 1. The Bertz CT molecular complexity index is 1120. The fraction of sp³-hybridized carbons (Fsp3) is 0.250. The second kappa shape index (κ2) is 8.37. The van der Waals surface area contributed by atoms with E-state index in [2.05, 4.69) is 9.97 Å². The number of fused-ring (bicyclic) bond motifs is 1. The number of rotatable bonds is 6. The van der Waals surface area contributed by atoms with E-state index >= 15 is 0 Å². The largest absolute Gasteiger partial charge is 0.494 e. The maximum Gasteiger partial charge on any atom is 0.249 e. The highest BCUT2D eigenvalue weighted by atomic mass is 35.5. The first-order valence-corrected chi connectivity index (χ1v) is 10.3. The fourth-order valence-corrected chi connectivity index (χ4v) is 4.45. The maximum atomic E-state index is 13.2. The number of ether oxygens (including phenoxy) is 1. The number of aromatic nitrogens is 2. The molecule has 0 radical (unpaired) electrons. The molecule has 3 heterocycles. The van der Waals surface area contributed by atoms with Crippen LogP contribution < -0.4 is 9.64 Å². The van der Waals surface area contributed by atoms with Gasteiger partial charge in [-0.3, -0.25) is 29.2 Å². The minimum absolute atomic E-state index is 0.128. The van der Waals surface area contributed by atoms with E-state index in [1.54, 1.807) is 30.6 Å². The van der Waals surface area contributed by atoms with Crippen LogP contribution in [0.4, 0.5) is 5.13 Å². The maximum absolute atomic E-state index is 13.2. The number of carbonyl (C=O) groups excluding carboxylic acids is 3. The van der Waals surface area contributed by atoms with E-state index in [0.29, 0.717) is 26.1 Å². The Balaban J connectivity index is 1.72. The van der Waals surface area contributed by atoms with Gasteiger partial charge in [0, 0.05) is 25.2 Å². The molecule has 0 aliphatic carbocycles. The number of nitrogens with zero attached hydrogens (tertiary/aromatic N) is 4. The van der Waals surface area contributed by atoms with Crippen LogP contribution in [-0.2, 0) is 20.9 Å². The van der Waals surface area contributed by atoms with Crippen molar-refractivity contribution in [1.29, 1.82) is 0 Å². The number of anilines is 1. The van der Waals surface area contributed by atoms with E-state index < -0.39 is 5.91 Å². The summed E-state index contributed by atoms with van der Waals surface area (Å²) in [6.45, 7) is -0.151. The van der Waals surface area contributed by atoms with Crippen LogP contribution in [0.1, 0.15) is 18.4 Å². The van der Waals surface area contributed by atoms with Gasteiger partial charge in [-0.1, -0.05) is 29.0 Å². The molecular weight excluding hydrogens is 428 g/mol. The van der Waals surface area contributed by atoms with Gasteiger partial charge < -0.3 is 4.74 Å². The summed E-state index contributed by atoms with van der Waals surface area (Å²) in [6.07, 6.45) is 3.54. The molecule has 0 spiro atoms. The molecule has 10 heteroatoms. The van der Waals surface area contributed by atoms with Crippen LogP contribution in [0.2, 0.25) is 5.02 Å². The van der Waals surface area contributed by atoms with Crippen LogP contribution in [0, 0.1) is 0 Å². The summed E-state index contributed by atoms with van der Waals surface area (Å²) in [5.41, 5.74) is 1.32. The van der Waals surface area contributed by atoms with Gasteiger partial charge in [0.2, 0.25) is 17.7 Å². The van der Waals surface area contributed by atoms with Crippen molar-refractivity contribution in [1.82, 2.24) is 14.9 Å². The first-order valence-electron chi connectivity index (χ1n) is 9.13. The molecular formula is C20H17ClN4O4S. The Morgan fingerprint density at radius 3 is 2.70 bits per heavy atom. The van der Waals surface area contributed by atoms with Gasteiger partial charge in [0.25, 0.3) is 0 Å². The Morgan fingerprint density at radius 1 is 1.27 bits per heavy atom. The molecule has 1 aliphatic heterocycles. The molecule has 1 fully saturated rings. The summed E-state index contributed by atoms with van der Waals surface area (Å²) in [6, 6.07) is 7.02. The third-order valence-corrected chi connectivity index (χ3v) is 6.25. The molecule has 154 valence electrons. The zero-order chi connectivity index (χ0) is 21.3. The summed E-state index contributed by atoms with van der Waals surface area (Å²) in [7, 11) is 1.53. The summed E-state index contributed by atoms with van der Waals surface area (Å²) < 4.78 is 6.05. The molecule has 4 rings (SSSR count). The van der Waals surface area contributed by atoms with Gasteiger partial charge in [-0.05, 0) is 23.8 Å². The van der Waals surface area contributed by atoms with E-state index in [9.17, 15) is 14.4 Å². The average molecular weight is 445 g/mol. The smallest absolute Gasteiger partial charge is 0.249 e. The molecule has 0 bridgehead atoms. The SMILES string of the molecule is COc1ccc(Cl)c2sc(N(Cc3cccnc3)C(=O)CN3C(=O)CCC3=O)nc12. The summed E-state index contributed by atoms with van der Waals surface area (Å²) in [4.78, 5) is 48.2. The lowest BCUT2D eigenvalue weighted by Crippen LogP contribution is -2.42. The second-order valence-corrected chi connectivity index (χ2v) is 8.02. The number of hydrogen-bond donors (Lipinski definition) is 0. The minimum atomic E-state index is -0.420. The number of halogens is 1. The van der Waals surface area contributed by atoms with Crippen LogP contribution in [0.5, 0.6) is 5.75 Å². The topological polar surface area (TPSA) is 92.7 Å². The Labute approximate surface area is 181 Å². The van der Waals surface area contributed by atoms with Gasteiger partial charge in [0.15, 0.2) is 5.13 Å². The van der Waals surface area contributed by atoms with Gasteiger partial charge in [-0.25, -0.2) is 4.98 Å². The van der Waals surface area contributed by atoms with E-state index in [4.69, 9.17) is 16.3 Å². The van der Waals surface area contributed by atoms with Crippen molar-refractivity contribution in [2.24, 2.45) is 0 Å². The third-order valence-electron chi connectivity index (χ3n) is 4.71. The van der Waals surface area contributed by atoms with Crippen LogP contribution in [-0.4, -0.2) is 46.2 Å². The van der Waals surface area contributed by atoms with Crippen LogP contribution in [0.3, 0.4) is 0 Å². The molecule has 2 aromatic heterocycles. The monoisotopic (exact) mass is 444 g/mol. The van der Waals surface area contributed by atoms with Crippen molar-refractivity contribution < 1.29 is 19.1 Å². The minimum Gasteiger partial charge on any atom is -0.494 e. The summed E-state index contributed by atoms with van der Waals surface area (Å²) in [5, 5.41) is 0.887. The molecule has 8 nitrogen and oxygen atoms in total. The molecule has 1 aromatic carbocycles. The fourth-order valence-electron chi connectivity index (χ4n) is 3.18. The molecule has 3 amide bonds. The Hall–Kier alpha value is -3.04. The Kier molecular flexibility index (Phi) is 5.65. The highest BCUT2D eigenvalue weighted by Gasteiger charge is 2.33. The third kappa shape index (κ3) is 3.86. The molecule has 0 unspecified atom stereocenters. The first-order chi connectivity index (χ1) is 14.5. The van der Waals surface area contributed by atoms with Gasteiger partial charge in [-0.2, -0.15) is 0 Å². The van der Waals surface area contributed by atoms with Gasteiger partial charge >= 0.3 is 0 Å². The lowest BCUT2D eigenvalue weighted by atomic mass is 10.2. The quantitative estimate of drug-likeness (QED) is 0.542. The van der Waals surface area contributed by atoms with E-state index in [1.165, 1.54) is 23.3 Å². The van der Waals surface area contributed by atoms with Crippen molar-refractivity contribution >= 4 is 56.0 Å². The predicted molar refractivity (Wildman–Crippen MR) is 113 cm³/mol. The number of carbonyl (C=O) groups is 3. The zero-order valence-corrected chi connectivity index (χ0v) is 17.6. The zero-order valence-electron chi connectivity index (χ0n) is 16.0. The number of hydrogen-bond acceptors (Lipinski definition) is 7. The standard InChI is InChI=1S/C20H17ClN4O4S/c1-29-14-5-4-13(21)19-18(14)23-20(30-19)25(10-12-3-2-8-22-9-12)17(28)11-24-15(26)6-7-16(24)27/h2-5,8-9H,6-7,10-11H2,1H3. The predicted octanol–water partition coefficient (Wildman–Crippen LogP) is 3.04. The number of pyridine rings is 1. The van der Waals surface area contributed by atoms with Crippen LogP contribution in [0.15, 0.2) is 36.7 Å². The molecule has 30 heavy (non-hydrogen) atoms. The van der Waals surface area contributed by atoms with Gasteiger partial charge in [-0.15, -0.1) is 0 Å². The molecule has 1 saturated heterocycles. The normalized spacial score (nSPS) is 13.9. The van der Waals surface area contributed by atoms with Crippen LogP contribution >= 0.6 is 22.9 Å². The summed E-state index contributed by atoms with van der Waals surface area (Å²) >= 11 is 7.57. The van der Waals surface area contributed by atoms with Crippen molar-refractivity contribution in [3.05, 3.63) is 47.2 Å². The number of imide groups is 1.